The zero-order valence-corrected chi connectivity index (χ0v) is 24.2. The standard InChI is InChI=1S/C30H37Cl2F3N4O/c1-2-18(26(40)7-5-14-36)16-22-19(8-10-21-23-17-20(31)9-12-25(23)38-28(21)22)6-3-4-15-37-27-13-11-24(32)29(39-27)30(33,34)35/h9,11-13,17-19,22,38H,2-8,10,14-16,36H2,1H3,(H,37,39)/t18-,19?,22?/m0/s1. The molecule has 3 aromatic rings. The topological polar surface area (TPSA) is 83.8 Å². The second-order valence-electron chi connectivity index (χ2n) is 10.8. The Morgan fingerprint density at radius 3 is 2.73 bits per heavy atom. The number of ketones is 1. The molecule has 1 aliphatic rings. The number of alkyl halides is 3. The Balaban J connectivity index is 1.44. The molecule has 1 aliphatic carbocycles. The summed E-state index contributed by atoms with van der Waals surface area (Å²) in [4.78, 5) is 20.3. The van der Waals surface area contributed by atoms with Crippen LogP contribution in [0.15, 0.2) is 30.3 Å². The Kier molecular flexibility index (Phi) is 10.4. The van der Waals surface area contributed by atoms with Crippen molar-refractivity contribution in [2.24, 2.45) is 17.6 Å². The van der Waals surface area contributed by atoms with Gasteiger partial charge in [0.25, 0.3) is 0 Å². The molecule has 0 radical (unpaired) electrons. The highest BCUT2D eigenvalue weighted by Crippen LogP contribution is 2.45. The first kappa shape index (κ1) is 30.7. The lowest BCUT2D eigenvalue weighted by atomic mass is 9.71. The predicted octanol–water partition coefficient (Wildman–Crippen LogP) is 8.54. The number of Topliss-reactive ketones (excluding diaryl/α,β-unsaturated/α-hetero) is 1. The maximum atomic E-state index is 13.1. The minimum atomic E-state index is -4.60. The number of nitrogens with one attached hydrogen (secondary N) is 2. The number of carbonyl (C=O) groups is 1. The monoisotopic (exact) mass is 596 g/mol. The molecule has 3 atom stereocenters. The maximum absolute atomic E-state index is 13.1. The number of hydrogen-bond donors (Lipinski definition) is 3. The van der Waals surface area contributed by atoms with Gasteiger partial charge >= 0.3 is 6.18 Å². The van der Waals surface area contributed by atoms with Crippen molar-refractivity contribution in [2.75, 3.05) is 18.4 Å². The number of anilines is 1. The number of nitrogens with two attached hydrogens (primary N) is 1. The average molecular weight is 598 g/mol. The van der Waals surface area contributed by atoms with Crippen molar-refractivity contribution in [3.63, 3.8) is 0 Å². The third-order valence-electron chi connectivity index (χ3n) is 8.14. The number of unbranched alkanes of at least 4 members (excludes halogenated alkanes) is 1. The molecular weight excluding hydrogens is 560 g/mol. The summed E-state index contributed by atoms with van der Waals surface area (Å²) < 4.78 is 39.4. The van der Waals surface area contributed by atoms with Crippen molar-refractivity contribution in [1.82, 2.24) is 9.97 Å². The van der Waals surface area contributed by atoms with Crippen molar-refractivity contribution >= 4 is 45.7 Å². The lowest BCUT2D eigenvalue weighted by Crippen LogP contribution is -2.26. The molecular formula is C30H37Cl2F3N4O. The van der Waals surface area contributed by atoms with E-state index in [1.54, 1.807) is 0 Å². The summed E-state index contributed by atoms with van der Waals surface area (Å²) in [5, 5.41) is 4.46. The fraction of sp³-hybridized carbons (Fsp3) is 0.533. The predicted molar refractivity (Wildman–Crippen MR) is 156 cm³/mol. The molecule has 4 rings (SSSR count). The van der Waals surface area contributed by atoms with E-state index in [4.69, 9.17) is 28.9 Å². The Morgan fingerprint density at radius 2 is 2.00 bits per heavy atom. The van der Waals surface area contributed by atoms with Gasteiger partial charge in [0, 0.05) is 46.4 Å². The van der Waals surface area contributed by atoms with Crippen LogP contribution in [0.25, 0.3) is 10.9 Å². The van der Waals surface area contributed by atoms with Gasteiger partial charge in [-0.1, -0.05) is 36.5 Å². The minimum absolute atomic E-state index is 0.0134. The van der Waals surface area contributed by atoms with Crippen molar-refractivity contribution in [3.8, 4) is 0 Å². The van der Waals surface area contributed by atoms with Crippen LogP contribution >= 0.6 is 23.2 Å². The van der Waals surface area contributed by atoms with Crippen LogP contribution in [0.2, 0.25) is 10.0 Å². The highest BCUT2D eigenvalue weighted by Gasteiger charge is 2.36. The van der Waals surface area contributed by atoms with Gasteiger partial charge in [-0.25, -0.2) is 4.98 Å². The molecule has 218 valence electrons. The van der Waals surface area contributed by atoms with Gasteiger partial charge in [-0.2, -0.15) is 13.2 Å². The lowest BCUT2D eigenvalue weighted by Gasteiger charge is -2.34. The van der Waals surface area contributed by atoms with Crippen LogP contribution in [0.1, 0.15) is 81.2 Å². The maximum Gasteiger partial charge on any atom is 0.434 e. The molecule has 0 aliphatic heterocycles. The van der Waals surface area contributed by atoms with Gasteiger partial charge in [0.15, 0.2) is 5.69 Å². The second kappa shape index (κ2) is 13.6. The van der Waals surface area contributed by atoms with E-state index in [0.717, 1.165) is 55.8 Å². The van der Waals surface area contributed by atoms with Gasteiger partial charge in [0.05, 0.1) is 5.02 Å². The summed E-state index contributed by atoms with van der Waals surface area (Å²) in [6.45, 7) is 3.10. The molecule has 0 fully saturated rings. The molecule has 0 bridgehead atoms. The molecule has 10 heteroatoms. The SMILES string of the molecule is CC[C@@H](CC1c2[nH]c3ccc(Cl)cc3c2CCC1CCCCNc1ccc(Cl)c(C(F)(F)F)n1)C(=O)CCCN. The third kappa shape index (κ3) is 7.31. The first-order valence-corrected chi connectivity index (χ1v) is 14.9. The van der Waals surface area contributed by atoms with Crippen LogP contribution in [0.3, 0.4) is 0 Å². The lowest BCUT2D eigenvalue weighted by molar-refractivity contribution is -0.141. The van der Waals surface area contributed by atoms with Crippen LogP contribution in [0.4, 0.5) is 19.0 Å². The van der Waals surface area contributed by atoms with E-state index in [2.05, 4.69) is 22.2 Å². The van der Waals surface area contributed by atoms with Crippen LogP contribution in [-0.4, -0.2) is 28.8 Å². The van der Waals surface area contributed by atoms with Gasteiger partial charge < -0.3 is 16.0 Å². The molecule has 0 saturated carbocycles. The average Bonchev–Trinajstić information content (AvgIpc) is 3.28. The van der Waals surface area contributed by atoms with Crippen LogP contribution < -0.4 is 11.1 Å². The summed E-state index contributed by atoms with van der Waals surface area (Å²) in [6, 6.07) is 8.62. The van der Waals surface area contributed by atoms with Gasteiger partial charge in [0.2, 0.25) is 0 Å². The molecule has 0 spiro atoms. The zero-order valence-electron chi connectivity index (χ0n) is 22.7. The number of benzene rings is 1. The summed E-state index contributed by atoms with van der Waals surface area (Å²) in [5.74, 6) is 1.06. The third-order valence-corrected chi connectivity index (χ3v) is 8.68. The van der Waals surface area contributed by atoms with Crippen molar-refractivity contribution in [2.45, 2.75) is 76.8 Å². The van der Waals surface area contributed by atoms with Gasteiger partial charge in [0.1, 0.15) is 11.6 Å². The number of pyridine rings is 1. The molecule has 2 heterocycles. The number of nitrogens with zero attached hydrogens (tertiary/aromatic N) is 1. The van der Waals surface area contributed by atoms with Crippen LogP contribution in [0.5, 0.6) is 0 Å². The molecule has 2 unspecified atom stereocenters. The fourth-order valence-electron chi connectivity index (χ4n) is 6.05. The van der Waals surface area contributed by atoms with Crippen molar-refractivity contribution < 1.29 is 18.0 Å². The molecule has 0 saturated heterocycles. The quantitative estimate of drug-likeness (QED) is 0.173. The molecule has 1 aromatic carbocycles. The van der Waals surface area contributed by atoms with Gasteiger partial charge in [-0.05, 0) is 93.3 Å². The fourth-order valence-corrected chi connectivity index (χ4v) is 6.43. The van der Waals surface area contributed by atoms with Gasteiger partial charge in [-0.15, -0.1) is 0 Å². The van der Waals surface area contributed by atoms with Crippen molar-refractivity contribution in [3.05, 3.63) is 57.3 Å². The Labute approximate surface area is 243 Å². The first-order chi connectivity index (χ1) is 19.1. The number of H-pyrrole nitrogens is 1. The first-order valence-electron chi connectivity index (χ1n) is 14.1. The van der Waals surface area contributed by atoms with Crippen LogP contribution in [-0.2, 0) is 17.4 Å². The largest absolute Gasteiger partial charge is 0.434 e. The zero-order chi connectivity index (χ0) is 28.9. The van der Waals surface area contributed by atoms with E-state index >= 15 is 0 Å². The van der Waals surface area contributed by atoms with Crippen molar-refractivity contribution in [1.29, 1.82) is 0 Å². The highest BCUT2D eigenvalue weighted by atomic mass is 35.5. The molecule has 5 nitrogen and oxygen atoms in total. The number of hydrogen-bond acceptors (Lipinski definition) is 4. The van der Waals surface area contributed by atoms with E-state index in [9.17, 15) is 18.0 Å². The van der Waals surface area contributed by atoms with E-state index in [1.165, 1.54) is 23.4 Å². The number of aromatic nitrogens is 2. The number of halogens is 5. The summed E-state index contributed by atoms with van der Waals surface area (Å²) >= 11 is 12.0. The summed E-state index contributed by atoms with van der Waals surface area (Å²) in [5.41, 5.74) is 8.18. The van der Waals surface area contributed by atoms with E-state index in [0.29, 0.717) is 36.9 Å². The number of rotatable bonds is 13. The normalized spacial score (nSPS) is 18.1. The highest BCUT2D eigenvalue weighted by molar-refractivity contribution is 6.31. The Morgan fingerprint density at radius 1 is 1.20 bits per heavy atom. The minimum Gasteiger partial charge on any atom is -0.370 e. The van der Waals surface area contributed by atoms with E-state index in [-0.39, 0.29) is 23.4 Å². The second-order valence-corrected chi connectivity index (χ2v) is 11.6. The molecule has 40 heavy (non-hydrogen) atoms. The van der Waals surface area contributed by atoms with E-state index < -0.39 is 16.9 Å². The summed E-state index contributed by atoms with van der Waals surface area (Å²) in [7, 11) is 0. The smallest absolute Gasteiger partial charge is 0.370 e. The number of aromatic amines is 1. The molecule has 2 aromatic heterocycles. The summed E-state index contributed by atoms with van der Waals surface area (Å²) in [6.07, 6.45) is 2.85. The van der Waals surface area contributed by atoms with E-state index in [1.807, 2.05) is 18.2 Å². The molecule has 4 N–H and O–H groups in total. The number of carbonyl (C=O) groups excluding carboxylic acids is 1. The molecule has 0 amide bonds. The Bertz CT molecular complexity index is 1310. The van der Waals surface area contributed by atoms with Crippen LogP contribution in [0, 0.1) is 11.8 Å². The number of aryl methyl sites for hydroxylation is 1. The van der Waals surface area contributed by atoms with Gasteiger partial charge in [-0.3, -0.25) is 4.79 Å². The number of fused-ring (bicyclic) bond motifs is 3. The Hall–Kier alpha value is -2.29.